The second-order valence-electron chi connectivity index (χ2n) is 5.51. The van der Waals surface area contributed by atoms with Crippen LogP contribution in [0, 0.1) is 0 Å². The molecule has 0 saturated heterocycles. The predicted octanol–water partition coefficient (Wildman–Crippen LogP) is 4.02. The minimum atomic E-state index is -0.703. The van der Waals surface area contributed by atoms with E-state index in [-0.39, 0.29) is 0 Å². The largest absolute Gasteiger partial charge is 0.493 e. The quantitative estimate of drug-likeness (QED) is 0.590. The van der Waals surface area contributed by atoms with E-state index in [9.17, 15) is 4.79 Å². The summed E-state index contributed by atoms with van der Waals surface area (Å²) in [6.07, 6.45) is 0.810. The van der Waals surface area contributed by atoms with E-state index in [4.69, 9.17) is 25.8 Å². The Hall–Kier alpha value is -3.06. The van der Waals surface area contributed by atoms with E-state index in [1.54, 1.807) is 43.3 Å². The number of hydrogen-bond acceptors (Lipinski definition) is 7. The third-order valence-electron chi connectivity index (χ3n) is 3.69. The highest BCUT2D eigenvalue weighted by Gasteiger charge is 2.15. The highest BCUT2D eigenvalue weighted by atomic mass is 35.5. The van der Waals surface area contributed by atoms with E-state index in [2.05, 4.69) is 14.7 Å². The summed E-state index contributed by atoms with van der Waals surface area (Å²) in [5, 5.41) is 0.442. The van der Waals surface area contributed by atoms with Gasteiger partial charge >= 0.3 is 5.97 Å². The molecule has 0 N–H and O–H groups in total. The van der Waals surface area contributed by atoms with Gasteiger partial charge in [0.2, 0.25) is 5.88 Å². The lowest BCUT2D eigenvalue weighted by atomic mass is 10.3. The van der Waals surface area contributed by atoms with Crippen LogP contribution in [-0.2, 0) is 9.53 Å². The van der Waals surface area contributed by atoms with Crippen molar-refractivity contribution in [2.24, 2.45) is 0 Å². The Bertz CT molecular complexity index is 962. The molecule has 7 nitrogen and oxygen atoms in total. The molecular weight excluding hydrogens is 372 g/mol. The van der Waals surface area contributed by atoms with Crippen molar-refractivity contribution in [3.63, 3.8) is 0 Å². The Morgan fingerprint density at radius 1 is 1.07 bits per heavy atom. The van der Waals surface area contributed by atoms with E-state index in [0.29, 0.717) is 39.2 Å². The van der Waals surface area contributed by atoms with Gasteiger partial charge in [-0.15, -0.1) is 0 Å². The van der Waals surface area contributed by atoms with Crippen molar-refractivity contribution < 1.29 is 23.7 Å². The van der Waals surface area contributed by atoms with Crippen molar-refractivity contribution in [2.75, 3.05) is 14.2 Å². The van der Waals surface area contributed by atoms with Crippen LogP contribution < -0.4 is 14.2 Å². The number of hydrogen-bond donors (Lipinski definition) is 0. The van der Waals surface area contributed by atoms with E-state index in [1.165, 1.54) is 20.4 Å². The molecule has 0 bridgehead atoms. The summed E-state index contributed by atoms with van der Waals surface area (Å²) in [4.78, 5) is 20.1. The van der Waals surface area contributed by atoms with Crippen molar-refractivity contribution in [1.82, 2.24) is 9.97 Å². The smallest absolute Gasteiger partial charge is 0.346 e. The standard InChI is InChI=1S/C19H17ClN2O5/c1-11(19(23)25-3)26-12-4-6-13(7-5-12)27-16-10-21-15-9-8-14(20)18(24-2)17(15)22-16/h4-11H,1-3H3. The third-order valence-corrected chi connectivity index (χ3v) is 3.99. The number of methoxy groups -OCH3 is 2. The summed E-state index contributed by atoms with van der Waals surface area (Å²) in [6, 6.07) is 10.2. The van der Waals surface area contributed by atoms with Crippen LogP contribution in [0.5, 0.6) is 23.1 Å². The summed E-state index contributed by atoms with van der Waals surface area (Å²) in [7, 11) is 2.83. The first-order chi connectivity index (χ1) is 13.0. The maximum atomic E-state index is 11.4. The van der Waals surface area contributed by atoms with E-state index in [1.807, 2.05) is 0 Å². The highest BCUT2D eigenvalue weighted by molar-refractivity contribution is 6.33. The topological polar surface area (TPSA) is 79.8 Å². The average Bonchev–Trinajstić information content (AvgIpc) is 2.68. The van der Waals surface area contributed by atoms with Crippen LogP contribution in [0.25, 0.3) is 11.0 Å². The van der Waals surface area contributed by atoms with E-state index >= 15 is 0 Å². The van der Waals surface area contributed by atoms with Crippen molar-refractivity contribution in [3.05, 3.63) is 47.6 Å². The molecule has 0 aliphatic rings. The normalized spacial score (nSPS) is 11.7. The number of nitrogens with zero attached hydrogens (tertiary/aromatic N) is 2. The second kappa shape index (κ2) is 8.09. The fourth-order valence-corrected chi connectivity index (χ4v) is 2.61. The summed E-state index contributed by atoms with van der Waals surface area (Å²) < 4.78 is 21.1. The zero-order chi connectivity index (χ0) is 19.4. The molecule has 3 aromatic rings. The first-order valence-electron chi connectivity index (χ1n) is 8.03. The molecule has 3 rings (SSSR count). The van der Waals surface area contributed by atoms with Crippen LogP contribution >= 0.6 is 11.6 Å². The molecule has 27 heavy (non-hydrogen) atoms. The van der Waals surface area contributed by atoms with Gasteiger partial charge < -0.3 is 18.9 Å². The minimum absolute atomic E-state index is 0.291. The summed E-state index contributed by atoms with van der Waals surface area (Å²) in [5.41, 5.74) is 1.15. The molecule has 1 unspecified atom stereocenters. The SMILES string of the molecule is COC(=O)C(C)Oc1ccc(Oc2cnc3ccc(Cl)c(OC)c3n2)cc1. The Labute approximate surface area is 160 Å². The Kier molecular flexibility index (Phi) is 5.61. The Morgan fingerprint density at radius 2 is 1.78 bits per heavy atom. The number of benzene rings is 2. The first-order valence-corrected chi connectivity index (χ1v) is 8.41. The molecule has 8 heteroatoms. The molecule has 0 fully saturated rings. The van der Waals surface area contributed by atoms with Crippen molar-refractivity contribution in [2.45, 2.75) is 13.0 Å². The van der Waals surface area contributed by atoms with Gasteiger partial charge in [-0.05, 0) is 43.3 Å². The number of ether oxygens (including phenoxy) is 4. The van der Waals surface area contributed by atoms with Gasteiger partial charge in [0, 0.05) is 0 Å². The number of aromatic nitrogens is 2. The lowest BCUT2D eigenvalue weighted by molar-refractivity contribution is -0.147. The zero-order valence-corrected chi connectivity index (χ0v) is 15.7. The number of rotatable bonds is 6. The van der Waals surface area contributed by atoms with Crippen LogP contribution in [-0.4, -0.2) is 36.3 Å². The van der Waals surface area contributed by atoms with Crippen LogP contribution in [0.1, 0.15) is 6.92 Å². The van der Waals surface area contributed by atoms with Crippen LogP contribution in [0.4, 0.5) is 0 Å². The number of carbonyl (C=O) groups excluding carboxylic acids is 1. The van der Waals surface area contributed by atoms with Crippen LogP contribution in [0.3, 0.4) is 0 Å². The molecule has 1 aromatic heterocycles. The summed E-state index contributed by atoms with van der Waals surface area (Å²) in [5.74, 6) is 1.32. The van der Waals surface area contributed by atoms with Crippen molar-refractivity contribution in [3.8, 4) is 23.1 Å². The van der Waals surface area contributed by atoms with Gasteiger partial charge in [0.05, 0.1) is 31.0 Å². The maximum absolute atomic E-state index is 11.4. The molecule has 2 aromatic carbocycles. The highest BCUT2D eigenvalue weighted by Crippen LogP contribution is 2.32. The molecule has 0 aliphatic heterocycles. The van der Waals surface area contributed by atoms with E-state index < -0.39 is 12.1 Å². The van der Waals surface area contributed by atoms with Crippen LogP contribution in [0.15, 0.2) is 42.6 Å². The first kappa shape index (κ1) is 18.7. The predicted molar refractivity (Wildman–Crippen MR) is 99.7 cm³/mol. The summed E-state index contributed by atoms with van der Waals surface area (Å²) >= 11 is 6.13. The lowest BCUT2D eigenvalue weighted by Gasteiger charge is -2.13. The zero-order valence-electron chi connectivity index (χ0n) is 14.9. The second-order valence-corrected chi connectivity index (χ2v) is 5.92. The molecule has 1 atom stereocenters. The number of esters is 1. The molecule has 0 spiro atoms. The van der Waals surface area contributed by atoms with Crippen molar-refractivity contribution >= 4 is 28.6 Å². The van der Waals surface area contributed by atoms with Gasteiger partial charge in [-0.2, -0.15) is 0 Å². The number of carbonyl (C=O) groups is 1. The lowest BCUT2D eigenvalue weighted by Crippen LogP contribution is -2.24. The van der Waals surface area contributed by atoms with Crippen LogP contribution in [0.2, 0.25) is 5.02 Å². The molecule has 0 saturated carbocycles. The Morgan fingerprint density at radius 3 is 2.44 bits per heavy atom. The fourth-order valence-electron chi connectivity index (χ4n) is 2.38. The average molecular weight is 389 g/mol. The third kappa shape index (κ3) is 4.20. The Balaban J connectivity index is 1.78. The molecule has 0 radical (unpaired) electrons. The molecule has 0 amide bonds. The van der Waals surface area contributed by atoms with Gasteiger partial charge in [-0.1, -0.05) is 11.6 Å². The van der Waals surface area contributed by atoms with Gasteiger partial charge in [-0.25, -0.2) is 14.8 Å². The van der Waals surface area contributed by atoms with Gasteiger partial charge in [-0.3, -0.25) is 0 Å². The van der Waals surface area contributed by atoms with E-state index in [0.717, 1.165) is 0 Å². The molecule has 140 valence electrons. The maximum Gasteiger partial charge on any atom is 0.346 e. The van der Waals surface area contributed by atoms with Gasteiger partial charge in [0.25, 0.3) is 0 Å². The van der Waals surface area contributed by atoms with Gasteiger partial charge in [0.1, 0.15) is 17.0 Å². The number of halogens is 1. The van der Waals surface area contributed by atoms with Crippen molar-refractivity contribution in [1.29, 1.82) is 0 Å². The monoisotopic (exact) mass is 388 g/mol. The number of fused-ring (bicyclic) bond motifs is 1. The summed E-state index contributed by atoms with van der Waals surface area (Å²) in [6.45, 7) is 1.61. The molecule has 1 heterocycles. The van der Waals surface area contributed by atoms with Gasteiger partial charge in [0.15, 0.2) is 11.9 Å². The molecule has 0 aliphatic carbocycles. The molecular formula is C19H17ClN2O5. The minimum Gasteiger partial charge on any atom is -0.493 e. The fraction of sp³-hybridized carbons (Fsp3) is 0.211.